The van der Waals surface area contributed by atoms with Crippen molar-refractivity contribution in [2.24, 2.45) is 0 Å². The summed E-state index contributed by atoms with van der Waals surface area (Å²) in [7, 11) is 0. The molecule has 0 bridgehead atoms. The van der Waals surface area contributed by atoms with Crippen molar-refractivity contribution in [1.82, 2.24) is 0 Å². The lowest BCUT2D eigenvalue weighted by molar-refractivity contribution is -0.437. The highest BCUT2D eigenvalue weighted by Crippen LogP contribution is 2.34. The van der Waals surface area contributed by atoms with Crippen molar-refractivity contribution in [3.8, 4) is 0 Å². The van der Waals surface area contributed by atoms with Gasteiger partial charge in [0, 0.05) is 19.4 Å². The van der Waals surface area contributed by atoms with Gasteiger partial charge in [-0.05, 0) is 11.5 Å². The van der Waals surface area contributed by atoms with Crippen LogP contribution in [0.25, 0.3) is 10.8 Å². The normalized spacial score (nSPS) is 13.0. The SMILES string of the molecule is CCCC[N+]1=C(C)c2cccc3cccc1c23.[I-]. The van der Waals surface area contributed by atoms with Crippen LogP contribution in [0.5, 0.6) is 0 Å². The van der Waals surface area contributed by atoms with E-state index in [9.17, 15) is 0 Å². The first-order chi connectivity index (χ1) is 8.33. The summed E-state index contributed by atoms with van der Waals surface area (Å²) in [6.45, 7) is 5.62. The van der Waals surface area contributed by atoms with Crippen LogP contribution in [0.1, 0.15) is 32.3 Å². The van der Waals surface area contributed by atoms with E-state index in [0.717, 1.165) is 6.54 Å². The molecular weight excluding hydrogens is 333 g/mol. The van der Waals surface area contributed by atoms with Crippen LogP contribution in [0.3, 0.4) is 0 Å². The van der Waals surface area contributed by atoms with Gasteiger partial charge in [-0.25, -0.2) is 0 Å². The zero-order chi connectivity index (χ0) is 11.8. The molecule has 18 heavy (non-hydrogen) atoms. The summed E-state index contributed by atoms with van der Waals surface area (Å²) < 4.78 is 2.47. The van der Waals surface area contributed by atoms with Gasteiger partial charge in [0.2, 0.25) is 5.69 Å². The highest BCUT2D eigenvalue weighted by Gasteiger charge is 2.27. The Kier molecular flexibility index (Phi) is 4.05. The fraction of sp³-hybridized carbons (Fsp3) is 0.312. The van der Waals surface area contributed by atoms with E-state index in [0.29, 0.717) is 0 Å². The minimum absolute atomic E-state index is 0. The van der Waals surface area contributed by atoms with E-state index >= 15 is 0 Å². The molecule has 0 aliphatic carbocycles. The largest absolute Gasteiger partial charge is 1.00 e. The summed E-state index contributed by atoms with van der Waals surface area (Å²) >= 11 is 0. The summed E-state index contributed by atoms with van der Waals surface area (Å²) in [5.74, 6) is 0. The average molecular weight is 351 g/mol. The number of halogens is 1. The maximum Gasteiger partial charge on any atom is 0.214 e. The molecule has 1 aliphatic rings. The number of benzene rings is 2. The molecular formula is C16H18IN. The van der Waals surface area contributed by atoms with Gasteiger partial charge in [-0.2, -0.15) is 4.58 Å². The molecule has 94 valence electrons. The van der Waals surface area contributed by atoms with Gasteiger partial charge in [0.15, 0.2) is 5.71 Å². The topological polar surface area (TPSA) is 3.01 Å². The molecule has 2 aromatic carbocycles. The van der Waals surface area contributed by atoms with Crippen LogP contribution in [-0.2, 0) is 0 Å². The van der Waals surface area contributed by atoms with Gasteiger partial charge in [0.25, 0.3) is 0 Å². The molecule has 0 fully saturated rings. The van der Waals surface area contributed by atoms with Crippen LogP contribution in [0.4, 0.5) is 5.69 Å². The second-order valence-electron chi connectivity index (χ2n) is 4.77. The summed E-state index contributed by atoms with van der Waals surface area (Å²) in [6.07, 6.45) is 2.50. The Balaban J connectivity index is 0.00000120. The third kappa shape index (κ3) is 1.96. The van der Waals surface area contributed by atoms with Gasteiger partial charge < -0.3 is 24.0 Å². The third-order valence-corrected chi connectivity index (χ3v) is 3.70. The number of hydrogen-bond donors (Lipinski definition) is 0. The lowest BCUT2D eigenvalue weighted by atomic mass is 10.0. The van der Waals surface area contributed by atoms with E-state index in [4.69, 9.17) is 0 Å². The highest BCUT2D eigenvalue weighted by molar-refractivity contribution is 6.14. The van der Waals surface area contributed by atoms with Crippen molar-refractivity contribution < 1.29 is 28.6 Å². The fourth-order valence-electron chi connectivity index (χ4n) is 2.78. The molecule has 1 aliphatic heterocycles. The Morgan fingerprint density at radius 2 is 1.78 bits per heavy atom. The zero-order valence-electron chi connectivity index (χ0n) is 10.9. The molecule has 0 saturated heterocycles. The Labute approximate surface area is 126 Å². The molecule has 0 unspecified atom stereocenters. The lowest BCUT2D eigenvalue weighted by Gasteiger charge is -2.00. The van der Waals surface area contributed by atoms with Crippen molar-refractivity contribution in [3.05, 3.63) is 42.0 Å². The minimum atomic E-state index is 0. The maximum absolute atomic E-state index is 2.47. The standard InChI is InChI=1S/C16H18N.HI/c1-3-4-11-17-12(2)14-9-5-7-13-8-6-10-15(17)16(13)14;/h5-10H,3-4,11H2,1-2H3;1H/q+1;/p-1. The van der Waals surface area contributed by atoms with Crippen molar-refractivity contribution >= 4 is 22.2 Å². The molecule has 2 heteroatoms. The van der Waals surface area contributed by atoms with Crippen LogP contribution < -0.4 is 24.0 Å². The molecule has 0 spiro atoms. The van der Waals surface area contributed by atoms with Crippen molar-refractivity contribution in [1.29, 1.82) is 0 Å². The third-order valence-electron chi connectivity index (χ3n) is 3.70. The van der Waals surface area contributed by atoms with Gasteiger partial charge in [0.1, 0.15) is 6.54 Å². The lowest BCUT2D eigenvalue weighted by Crippen LogP contribution is -3.00. The monoisotopic (exact) mass is 351 g/mol. The fourth-order valence-corrected chi connectivity index (χ4v) is 2.78. The smallest absolute Gasteiger partial charge is 0.214 e. The summed E-state index contributed by atoms with van der Waals surface area (Å²) in [5, 5.41) is 2.79. The summed E-state index contributed by atoms with van der Waals surface area (Å²) in [5.41, 5.74) is 4.21. The number of hydrogen-bond acceptors (Lipinski definition) is 0. The Hall–Kier alpha value is -0.900. The second-order valence-corrected chi connectivity index (χ2v) is 4.77. The Morgan fingerprint density at radius 1 is 1.06 bits per heavy atom. The van der Waals surface area contributed by atoms with E-state index < -0.39 is 0 Å². The average Bonchev–Trinajstić information content (AvgIpc) is 2.64. The van der Waals surface area contributed by atoms with E-state index in [-0.39, 0.29) is 24.0 Å². The first-order valence-corrected chi connectivity index (χ1v) is 6.46. The second kappa shape index (κ2) is 5.39. The molecule has 0 aromatic heterocycles. The van der Waals surface area contributed by atoms with Crippen molar-refractivity contribution in [2.45, 2.75) is 26.7 Å². The van der Waals surface area contributed by atoms with Crippen LogP contribution in [0.2, 0.25) is 0 Å². The van der Waals surface area contributed by atoms with Crippen LogP contribution in [0.15, 0.2) is 36.4 Å². The van der Waals surface area contributed by atoms with Gasteiger partial charge >= 0.3 is 0 Å². The molecule has 0 saturated carbocycles. The Bertz CT molecular complexity index is 608. The molecule has 0 amide bonds. The van der Waals surface area contributed by atoms with E-state index in [1.54, 1.807) is 0 Å². The molecule has 1 heterocycles. The Morgan fingerprint density at radius 3 is 2.50 bits per heavy atom. The molecule has 0 radical (unpaired) electrons. The number of nitrogens with zero attached hydrogens (tertiary/aromatic N) is 1. The first kappa shape index (κ1) is 13.5. The zero-order valence-corrected chi connectivity index (χ0v) is 13.1. The first-order valence-electron chi connectivity index (χ1n) is 6.46. The van der Waals surface area contributed by atoms with Crippen LogP contribution in [0, 0.1) is 0 Å². The molecule has 1 nitrogen and oxygen atoms in total. The summed E-state index contributed by atoms with van der Waals surface area (Å²) in [6, 6.07) is 13.2. The number of unbranched alkanes of at least 4 members (excludes halogenated alkanes) is 1. The van der Waals surface area contributed by atoms with E-state index in [1.165, 1.54) is 40.6 Å². The van der Waals surface area contributed by atoms with Crippen LogP contribution >= 0.6 is 0 Å². The van der Waals surface area contributed by atoms with E-state index in [2.05, 4.69) is 54.8 Å². The predicted molar refractivity (Wildman–Crippen MR) is 73.4 cm³/mol. The van der Waals surface area contributed by atoms with E-state index in [1.807, 2.05) is 0 Å². The number of rotatable bonds is 3. The predicted octanol–water partition coefficient (Wildman–Crippen LogP) is 1.11. The molecule has 2 aromatic rings. The quantitative estimate of drug-likeness (QED) is 0.576. The van der Waals surface area contributed by atoms with Gasteiger partial charge in [-0.1, -0.05) is 37.6 Å². The van der Waals surface area contributed by atoms with Gasteiger partial charge in [-0.3, -0.25) is 0 Å². The maximum atomic E-state index is 2.47. The van der Waals surface area contributed by atoms with Crippen molar-refractivity contribution in [3.63, 3.8) is 0 Å². The highest BCUT2D eigenvalue weighted by atomic mass is 127. The van der Waals surface area contributed by atoms with Gasteiger partial charge in [0.05, 0.1) is 10.9 Å². The van der Waals surface area contributed by atoms with Crippen LogP contribution in [-0.4, -0.2) is 16.8 Å². The summed E-state index contributed by atoms with van der Waals surface area (Å²) in [4.78, 5) is 0. The minimum Gasteiger partial charge on any atom is -1.00 e. The molecule has 3 rings (SSSR count). The molecule has 0 N–H and O–H groups in total. The molecule has 0 atom stereocenters. The van der Waals surface area contributed by atoms with Crippen molar-refractivity contribution in [2.75, 3.05) is 6.54 Å². The van der Waals surface area contributed by atoms with Gasteiger partial charge in [-0.15, -0.1) is 0 Å².